The zero-order chi connectivity index (χ0) is 14.2. The highest BCUT2D eigenvalue weighted by Gasteiger charge is 2.36. The Morgan fingerprint density at radius 3 is 2.68 bits per heavy atom. The molecule has 0 bridgehead atoms. The van der Waals surface area contributed by atoms with Gasteiger partial charge in [0.15, 0.2) is 6.29 Å². The molecule has 0 radical (unpaired) electrons. The van der Waals surface area contributed by atoms with E-state index in [1.54, 1.807) is 7.11 Å². The van der Waals surface area contributed by atoms with Crippen LogP contribution in [0.1, 0.15) is 56.0 Å². The van der Waals surface area contributed by atoms with Crippen LogP contribution in [0.2, 0.25) is 0 Å². The lowest BCUT2D eigenvalue weighted by atomic mass is 9.79. The number of nitrogens with zero attached hydrogens (tertiary/aromatic N) is 1. The molecular formula is C16H23NO2. The predicted molar refractivity (Wildman–Crippen MR) is 78.5 cm³/mol. The molecule has 1 heterocycles. The second-order valence-corrected chi connectivity index (χ2v) is 5.93. The van der Waals surface area contributed by atoms with E-state index in [4.69, 9.17) is 4.74 Å². The third-order valence-electron chi connectivity index (χ3n) is 4.18. The van der Waals surface area contributed by atoms with Crippen LogP contribution in [0.5, 0.6) is 5.75 Å². The van der Waals surface area contributed by atoms with Crippen LogP contribution in [0.4, 0.5) is 5.69 Å². The van der Waals surface area contributed by atoms with E-state index in [1.807, 2.05) is 12.1 Å². The van der Waals surface area contributed by atoms with Gasteiger partial charge in [0.25, 0.3) is 0 Å². The van der Waals surface area contributed by atoms with Crippen molar-refractivity contribution in [2.75, 3.05) is 18.6 Å². The lowest BCUT2D eigenvalue weighted by Crippen LogP contribution is -2.48. The highest BCUT2D eigenvalue weighted by atomic mass is 16.5. The number of rotatable bonds is 3. The minimum absolute atomic E-state index is 0.134. The fourth-order valence-corrected chi connectivity index (χ4v) is 3.39. The smallest absolute Gasteiger partial charge is 0.153 e. The summed E-state index contributed by atoms with van der Waals surface area (Å²) in [5.41, 5.74) is 3.23. The van der Waals surface area contributed by atoms with Gasteiger partial charge in [-0.1, -0.05) is 6.92 Å². The lowest BCUT2D eigenvalue weighted by Gasteiger charge is -2.47. The van der Waals surface area contributed by atoms with Crippen molar-refractivity contribution < 1.29 is 9.53 Å². The molecule has 0 saturated heterocycles. The number of carbonyl (C=O) groups excluding carboxylic acids is 1. The van der Waals surface area contributed by atoms with Crippen molar-refractivity contribution in [1.82, 2.24) is 0 Å². The van der Waals surface area contributed by atoms with Crippen LogP contribution in [-0.2, 0) is 0 Å². The van der Waals surface area contributed by atoms with Crippen LogP contribution in [0.3, 0.4) is 0 Å². The summed E-state index contributed by atoms with van der Waals surface area (Å²) in [7, 11) is 1.61. The van der Waals surface area contributed by atoms with Crippen molar-refractivity contribution in [3.63, 3.8) is 0 Å². The van der Waals surface area contributed by atoms with Crippen molar-refractivity contribution in [2.45, 2.75) is 45.6 Å². The SMILES string of the molecule is CCN1c2cc(OC)c(C=O)cc2C(C)CC1(C)C. The number of hydrogen-bond donors (Lipinski definition) is 0. The average Bonchev–Trinajstić information content (AvgIpc) is 2.36. The minimum atomic E-state index is 0.134. The van der Waals surface area contributed by atoms with Crippen LogP contribution in [0.15, 0.2) is 12.1 Å². The lowest BCUT2D eigenvalue weighted by molar-refractivity contribution is 0.112. The molecule has 0 saturated carbocycles. The zero-order valence-electron chi connectivity index (χ0n) is 12.5. The summed E-state index contributed by atoms with van der Waals surface area (Å²) < 4.78 is 5.34. The molecule has 3 nitrogen and oxygen atoms in total. The molecule has 3 heteroatoms. The molecule has 0 amide bonds. The van der Waals surface area contributed by atoms with Gasteiger partial charge < -0.3 is 9.64 Å². The first-order chi connectivity index (χ1) is 8.94. The minimum Gasteiger partial charge on any atom is -0.496 e. The first-order valence-electron chi connectivity index (χ1n) is 6.89. The van der Waals surface area contributed by atoms with Gasteiger partial charge in [-0.15, -0.1) is 0 Å². The molecule has 0 fully saturated rings. The molecule has 0 aliphatic carbocycles. The quantitative estimate of drug-likeness (QED) is 0.778. The average molecular weight is 261 g/mol. The largest absolute Gasteiger partial charge is 0.496 e. The van der Waals surface area contributed by atoms with Crippen molar-refractivity contribution in [1.29, 1.82) is 0 Å². The molecule has 1 aliphatic heterocycles. The molecule has 104 valence electrons. The van der Waals surface area contributed by atoms with Crippen molar-refractivity contribution in [3.8, 4) is 5.75 Å². The maximum Gasteiger partial charge on any atom is 0.153 e. The van der Waals surface area contributed by atoms with Crippen LogP contribution in [-0.4, -0.2) is 25.5 Å². The van der Waals surface area contributed by atoms with Gasteiger partial charge in [0.1, 0.15) is 5.75 Å². The molecule has 19 heavy (non-hydrogen) atoms. The molecule has 1 atom stereocenters. The number of anilines is 1. The van der Waals surface area contributed by atoms with Crippen LogP contribution < -0.4 is 9.64 Å². The van der Waals surface area contributed by atoms with Gasteiger partial charge in [-0.3, -0.25) is 4.79 Å². The first-order valence-corrected chi connectivity index (χ1v) is 6.89. The highest BCUT2D eigenvalue weighted by Crippen LogP contribution is 2.45. The molecule has 1 aromatic rings. The van der Waals surface area contributed by atoms with Gasteiger partial charge in [0.2, 0.25) is 0 Å². The van der Waals surface area contributed by atoms with E-state index >= 15 is 0 Å². The second-order valence-electron chi connectivity index (χ2n) is 5.93. The Labute approximate surface area is 115 Å². The highest BCUT2D eigenvalue weighted by molar-refractivity contribution is 5.82. The summed E-state index contributed by atoms with van der Waals surface area (Å²) in [5, 5.41) is 0. The Morgan fingerprint density at radius 1 is 1.47 bits per heavy atom. The number of carbonyl (C=O) groups is 1. The summed E-state index contributed by atoms with van der Waals surface area (Å²) in [5.74, 6) is 1.12. The molecule has 0 spiro atoms. The molecule has 0 N–H and O–H groups in total. The number of fused-ring (bicyclic) bond motifs is 1. The number of benzene rings is 1. The number of aldehydes is 1. The molecule has 1 unspecified atom stereocenters. The first kappa shape index (κ1) is 13.9. The summed E-state index contributed by atoms with van der Waals surface area (Å²) in [6.07, 6.45) is 1.97. The van der Waals surface area contributed by atoms with Gasteiger partial charge in [-0.2, -0.15) is 0 Å². The number of hydrogen-bond acceptors (Lipinski definition) is 3. The van der Waals surface area contributed by atoms with Crippen LogP contribution in [0, 0.1) is 0 Å². The van der Waals surface area contributed by atoms with Gasteiger partial charge in [0.05, 0.1) is 12.7 Å². The Bertz CT molecular complexity index is 494. The van der Waals surface area contributed by atoms with Crippen molar-refractivity contribution in [2.24, 2.45) is 0 Å². The third kappa shape index (κ3) is 2.22. The standard InChI is InChI=1S/C16H23NO2/c1-6-17-14-8-15(19-5)12(10-18)7-13(14)11(2)9-16(17,3)4/h7-8,10-11H,6,9H2,1-5H3. The van der Waals surface area contributed by atoms with E-state index < -0.39 is 0 Å². The van der Waals surface area contributed by atoms with Gasteiger partial charge in [-0.25, -0.2) is 0 Å². The monoisotopic (exact) mass is 261 g/mol. The Morgan fingerprint density at radius 2 is 2.16 bits per heavy atom. The van der Waals surface area contributed by atoms with Gasteiger partial charge >= 0.3 is 0 Å². The summed E-state index contributed by atoms with van der Waals surface area (Å²) in [6, 6.07) is 4.00. The van der Waals surface area contributed by atoms with Gasteiger partial charge in [0, 0.05) is 23.8 Å². The summed E-state index contributed by atoms with van der Waals surface area (Å²) in [4.78, 5) is 13.6. The zero-order valence-corrected chi connectivity index (χ0v) is 12.5. The topological polar surface area (TPSA) is 29.5 Å². The number of ether oxygens (including phenoxy) is 1. The van der Waals surface area contributed by atoms with E-state index in [0.29, 0.717) is 17.2 Å². The maximum atomic E-state index is 11.2. The maximum absolute atomic E-state index is 11.2. The molecular weight excluding hydrogens is 238 g/mol. The number of methoxy groups -OCH3 is 1. The second kappa shape index (κ2) is 4.87. The molecule has 1 aliphatic rings. The predicted octanol–water partition coefficient (Wildman–Crippen LogP) is 3.62. The van der Waals surface area contributed by atoms with Crippen molar-refractivity contribution >= 4 is 12.0 Å². The van der Waals surface area contributed by atoms with Crippen LogP contribution >= 0.6 is 0 Å². The fourth-order valence-electron chi connectivity index (χ4n) is 3.39. The molecule has 2 rings (SSSR count). The van der Waals surface area contributed by atoms with E-state index in [-0.39, 0.29) is 5.54 Å². The third-order valence-corrected chi connectivity index (χ3v) is 4.18. The summed E-state index contributed by atoms with van der Waals surface area (Å²) in [6.45, 7) is 9.90. The molecule has 0 aromatic heterocycles. The Kier molecular flexibility index (Phi) is 3.57. The van der Waals surface area contributed by atoms with E-state index in [9.17, 15) is 4.79 Å². The Hall–Kier alpha value is -1.51. The normalized spacial score (nSPS) is 20.9. The summed E-state index contributed by atoms with van der Waals surface area (Å²) >= 11 is 0. The van der Waals surface area contributed by atoms with E-state index in [2.05, 4.69) is 32.6 Å². The molecule has 1 aromatic carbocycles. The van der Waals surface area contributed by atoms with E-state index in [1.165, 1.54) is 11.3 Å². The fraction of sp³-hybridized carbons (Fsp3) is 0.562. The Balaban J connectivity index is 2.63. The van der Waals surface area contributed by atoms with Crippen LogP contribution in [0.25, 0.3) is 0 Å². The van der Waals surface area contributed by atoms with Crippen molar-refractivity contribution in [3.05, 3.63) is 23.3 Å². The van der Waals surface area contributed by atoms with E-state index in [0.717, 1.165) is 19.3 Å². The van der Waals surface area contributed by atoms with Gasteiger partial charge in [-0.05, 0) is 44.7 Å².